The van der Waals surface area contributed by atoms with Gasteiger partial charge in [0.15, 0.2) is 0 Å². The van der Waals surface area contributed by atoms with Crippen LogP contribution in [0, 0.1) is 0 Å². The Morgan fingerprint density at radius 2 is 2.44 bits per heavy atom. The molecule has 2 heterocycles. The van der Waals surface area contributed by atoms with Crippen molar-refractivity contribution in [1.82, 2.24) is 14.9 Å². The third-order valence-electron chi connectivity index (χ3n) is 3.15. The van der Waals surface area contributed by atoms with Crippen LogP contribution in [0.4, 0.5) is 0 Å². The maximum absolute atomic E-state index is 12.1. The lowest BCUT2D eigenvalue weighted by atomic mass is 10.0. The van der Waals surface area contributed by atoms with Crippen molar-refractivity contribution in [3.05, 3.63) is 18.2 Å². The number of amides is 1. The Kier molecular flexibility index (Phi) is 5.62. The molecule has 1 aromatic heterocycles. The van der Waals surface area contributed by atoms with Crippen molar-refractivity contribution < 1.29 is 4.79 Å². The van der Waals surface area contributed by atoms with E-state index in [4.69, 9.17) is 5.73 Å². The van der Waals surface area contributed by atoms with E-state index in [9.17, 15) is 4.79 Å². The van der Waals surface area contributed by atoms with E-state index in [-0.39, 0.29) is 30.4 Å². The molecule has 0 spiro atoms. The summed E-state index contributed by atoms with van der Waals surface area (Å²) >= 11 is 0. The minimum absolute atomic E-state index is 0. The van der Waals surface area contributed by atoms with Crippen molar-refractivity contribution in [2.75, 3.05) is 6.54 Å². The molecule has 5 nitrogen and oxygen atoms in total. The number of nitrogens with one attached hydrogen (secondary N) is 1. The number of hydrogen-bond acceptors (Lipinski definition) is 3. The quantitative estimate of drug-likeness (QED) is 0.878. The van der Waals surface area contributed by atoms with Crippen LogP contribution in [0.5, 0.6) is 0 Å². The molecule has 2 unspecified atom stereocenters. The van der Waals surface area contributed by atoms with Gasteiger partial charge in [0.2, 0.25) is 5.91 Å². The minimum Gasteiger partial charge on any atom is -0.347 e. The third-order valence-corrected chi connectivity index (χ3v) is 3.15. The molecule has 0 bridgehead atoms. The van der Waals surface area contributed by atoms with Crippen molar-refractivity contribution in [1.29, 1.82) is 0 Å². The van der Waals surface area contributed by atoms with Gasteiger partial charge in [-0.2, -0.15) is 0 Å². The van der Waals surface area contributed by atoms with Gasteiger partial charge in [0, 0.05) is 31.4 Å². The van der Waals surface area contributed by atoms with Gasteiger partial charge in [-0.3, -0.25) is 4.79 Å². The number of imidazole rings is 1. The molecule has 0 radical (unpaired) electrons. The molecule has 18 heavy (non-hydrogen) atoms. The second kappa shape index (κ2) is 6.75. The fourth-order valence-corrected chi connectivity index (χ4v) is 2.37. The van der Waals surface area contributed by atoms with Gasteiger partial charge >= 0.3 is 0 Å². The maximum Gasteiger partial charge on any atom is 0.224 e. The topological polar surface area (TPSA) is 75.0 Å². The highest BCUT2D eigenvalue weighted by Gasteiger charge is 2.29. The summed E-state index contributed by atoms with van der Waals surface area (Å²) in [6, 6.07) is 0.0201. The fraction of sp³-hybridized carbons (Fsp3) is 0.667. The minimum atomic E-state index is -0.0818. The average molecular weight is 273 g/mol. The van der Waals surface area contributed by atoms with E-state index < -0.39 is 0 Å². The first kappa shape index (κ1) is 15.0. The van der Waals surface area contributed by atoms with Crippen molar-refractivity contribution >= 4 is 18.3 Å². The molecule has 1 amide bonds. The molecular formula is C12H21ClN4O. The van der Waals surface area contributed by atoms with E-state index in [2.05, 4.69) is 9.97 Å². The Hall–Kier alpha value is -1.07. The summed E-state index contributed by atoms with van der Waals surface area (Å²) in [4.78, 5) is 21.4. The molecule has 1 saturated heterocycles. The van der Waals surface area contributed by atoms with Crippen LogP contribution in [0.3, 0.4) is 0 Å². The predicted molar refractivity (Wildman–Crippen MR) is 72.4 cm³/mol. The molecule has 0 saturated carbocycles. The smallest absolute Gasteiger partial charge is 0.224 e. The van der Waals surface area contributed by atoms with Gasteiger partial charge in [-0.1, -0.05) is 0 Å². The Balaban J connectivity index is 0.00000162. The van der Waals surface area contributed by atoms with Crippen LogP contribution >= 0.6 is 12.4 Å². The summed E-state index contributed by atoms with van der Waals surface area (Å²) in [5.74, 6) is 1.03. The molecule has 3 N–H and O–H groups in total. The molecule has 0 aliphatic carbocycles. The normalized spacial score (nSPS) is 21.2. The summed E-state index contributed by atoms with van der Waals surface area (Å²) < 4.78 is 0. The number of aromatic nitrogens is 2. The van der Waals surface area contributed by atoms with Gasteiger partial charge in [-0.05, 0) is 26.2 Å². The SMILES string of the molecule is CC(N)CC(=O)N1CCCCC1c1ncc[nH]1.Cl. The molecule has 1 aliphatic heterocycles. The number of nitrogens with two attached hydrogens (primary N) is 1. The summed E-state index contributed by atoms with van der Waals surface area (Å²) in [5.41, 5.74) is 5.69. The van der Waals surface area contributed by atoms with E-state index in [1.807, 2.05) is 11.8 Å². The maximum atomic E-state index is 12.1. The Morgan fingerprint density at radius 1 is 1.67 bits per heavy atom. The van der Waals surface area contributed by atoms with Crippen molar-refractivity contribution in [3.63, 3.8) is 0 Å². The van der Waals surface area contributed by atoms with Gasteiger partial charge in [0.05, 0.1) is 6.04 Å². The largest absolute Gasteiger partial charge is 0.347 e. The molecule has 1 aromatic rings. The number of H-pyrrole nitrogens is 1. The third kappa shape index (κ3) is 3.46. The van der Waals surface area contributed by atoms with E-state index in [1.54, 1.807) is 12.4 Å². The van der Waals surface area contributed by atoms with Gasteiger partial charge in [0.25, 0.3) is 0 Å². The molecular weight excluding hydrogens is 252 g/mol. The van der Waals surface area contributed by atoms with Crippen LogP contribution in [0.15, 0.2) is 12.4 Å². The summed E-state index contributed by atoms with van der Waals surface area (Å²) in [6.45, 7) is 2.68. The molecule has 1 fully saturated rings. The molecule has 1 aliphatic rings. The first-order chi connectivity index (χ1) is 8.18. The van der Waals surface area contributed by atoms with E-state index in [0.29, 0.717) is 6.42 Å². The van der Waals surface area contributed by atoms with E-state index in [0.717, 1.165) is 31.6 Å². The standard InChI is InChI=1S/C12H20N4O.ClH/c1-9(13)8-11(17)16-7-3-2-4-10(16)12-14-5-6-15-12;/h5-6,9-10H,2-4,7-8,13H2,1H3,(H,14,15);1H. The molecule has 0 aromatic carbocycles. The monoisotopic (exact) mass is 272 g/mol. The molecule has 2 rings (SSSR count). The lowest BCUT2D eigenvalue weighted by molar-refractivity contribution is -0.135. The second-order valence-electron chi connectivity index (χ2n) is 4.75. The predicted octanol–water partition coefficient (Wildman–Crippen LogP) is 1.62. The summed E-state index contributed by atoms with van der Waals surface area (Å²) in [6.07, 6.45) is 7.15. The highest BCUT2D eigenvalue weighted by molar-refractivity contribution is 5.85. The van der Waals surface area contributed by atoms with Crippen LogP contribution in [0.1, 0.15) is 44.5 Å². The first-order valence-electron chi connectivity index (χ1n) is 6.23. The Labute approximate surface area is 114 Å². The van der Waals surface area contributed by atoms with E-state index >= 15 is 0 Å². The van der Waals surface area contributed by atoms with Gasteiger partial charge in [-0.15, -0.1) is 12.4 Å². The zero-order valence-corrected chi connectivity index (χ0v) is 11.4. The number of aromatic amines is 1. The molecule has 102 valence electrons. The number of carbonyl (C=O) groups is 1. The summed E-state index contributed by atoms with van der Waals surface area (Å²) in [7, 11) is 0. The van der Waals surface area contributed by atoms with Crippen LogP contribution in [0.2, 0.25) is 0 Å². The number of hydrogen-bond donors (Lipinski definition) is 2. The van der Waals surface area contributed by atoms with Crippen LogP contribution in [0.25, 0.3) is 0 Å². The van der Waals surface area contributed by atoms with Crippen LogP contribution in [-0.2, 0) is 4.79 Å². The van der Waals surface area contributed by atoms with Gasteiger partial charge < -0.3 is 15.6 Å². The zero-order valence-electron chi connectivity index (χ0n) is 10.6. The number of nitrogens with zero attached hydrogens (tertiary/aromatic N) is 2. The lowest BCUT2D eigenvalue weighted by Gasteiger charge is -2.35. The highest BCUT2D eigenvalue weighted by atomic mass is 35.5. The van der Waals surface area contributed by atoms with Crippen LogP contribution in [-0.4, -0.2) is 33.4 Å². The van der Waals surface area contributed by atoms with E-state index in [1.165, 1.54) is 0 Å². The Bertz CT molecular complexity index is 366. The van der Waals surface area contributed by atoms with Gasteiger partial charge in [-0.25, -0.2) is 4.98 Å². The van der Waals surface area contributed by atoms with Crippen molar-refractivity contribution in [2.24, 2.45) is 5.73 Å². The second-order valence-corrected chi connectivity index (χ2v) is 4.75. The Morgan fingerprint density at radius 3 is 3.06 bits per heavy atom. The van der Waals surface area contributed by atoms with Crippen LogP contribution < -0.4 is 5.73 Å². The first-order valence-corrected chi connectivity index (χ1v) is 6.23. The van der Waals surface area contributed by atoms with Crippen molar-refractivity contribution in [3.8, 4) is 0 Å². The van der Waals surface area contributed by atoms with Crippen molar-refractivity contribution in [2.45, 2.75) is 44.7 Å². The number of likely N-dealkylation sites (tertiary alicyclic amines) is 1. The lowest BCUT2D eigenvalue weighted by Crippen LogP contribution is -2.41. The number of halogens is 1. The molecule has 2 atom stereocenters. The summed E-state index contributed by atoms with van der Waals surface area (Å²) in [5, 5.41) is 0. The average Bonchev–Trinajstić information content (AvgIpc) is 2.81. The fourth-order valence-electron chi connectivity index (χ4n) is 2.37. The number of rotatable bonds is 3. The highest BCUT2D eigenvalue weighted by Crippen LogP contribution is 2.29. The zero-order chi connectivity index (χ0) is 12.3. The number of piperidine rings is 1. The molecule has 6 heteroatoms. The number of carbonyl (C=O) groups excluding carboxylic acids is 1. The van der Waals surface area contributed by atoms with Gasteiger partial charge in [0.1, 0.15) is 5.82 Å².